The maximum absolute atomic E-state index is 10.8. The lowest BCUT2D eigenvalue weighted by Crippen LogP contribution is -2.24. The van der Waals surface area contributed by atoms with Gasteiger partial charge >= 0.3 is 0 Å². The largest absolute Gasteiger partial charge is 0.316 e. The van der Waals surface area contributed by atoms with E-state index in [0.29, 0.717) is 6.54 Å². The molecule has 80 valence electrons. The Morgan fingerprint density at radius 3 is 2.46 bits per heavy atom. The molecule has 0 aromatic carbocycles. The number of nitrogens with one attached hydrogen (secondary N) is 1. The standard InChI is InChI=1S/C8H19NO3S/c1-3-4-5-6-9-7-8-13(10,11)12-2/h9H,3-8H2,1-2H3. The lowest BCUT2D eigenvalue weighted by Gasteiger charge is -2.03. The van der Waals surface area contributed by atoms with Crippen molar-refractivity contribution in [3.8, 4) is 0 Å². The molecule has 4 nitrogen and oxygen atoms in total. The molecule has 0 unspecified atom stereocenters. The summed E-state index contributed by atoms with van der Waals surface area (Å²) < 4.78 is 25.9. The Balaban J connectivity index is 3.26. The van der Waals surface area contributed by atoms with Gasteiger partial charge in [-0.2, -0.15) is 8.42 Å². The molecule has 0 saturated heterocycles. The van der Waals surface area contributed by atoms with Gasteiger partial charge in [0.2, 0.25) is 0 Å². The van der Waals surface area contributed by atoms with E-state index < -0.39 is 10.1 Å². The van der Waals surface area contributed by atoms with E-state index in [0.717, 1.165) is 13.0 Å². The highest BCUT2D eigenvalue weighted by Crippen LogP contribution is 1.91. The van der Waals surface area contributed by atoms with Gasteiger partial charge in [0.15, 0.2) is 0 Å². The van der Waals surface area contributed by atoms with Gasteiger partial charge in [0.1, 0.15) is 0 Å². The maximum atomic E-state index is 10.8. The summed E-state index contributed by atoms with van der Waals surface area (Å²) in [6, 6.07) is 0. The van der Waals surface area contributed by atoms with Gasteiger partial charge in [0.05, 0.1) is 12.9 Å². The number of rotatable bonds is 8. The lowest BCUT2D eigenvalue weighted by molar-refractivity contribution is 0.396. The van der Waals surface area contributed by atoms with E-state index in [4.69, 9.17) is 0 Å². The van der Waals surface area contributed by atoms with E-state index in [9.17, 15) is 8.42 Å². The predicted octanol–water partition coefficient (Wildman–Crippen LogP) is 0.742. The van der Waals surface area contributed by atoms with Gasteiger partial charge in [-0.1, -0.05) is 19.8 Å². The molecule has 0 aliphatic heterocycles. The highest BCUT2D eigenvalue weighted by Gasteiger charge is 2.06. The smallest absolute Gasteiger partial charge is 0.268 e. The van der Waals surface area contributed by atoms with Crippen molar-refractivity contribution in [2.75, 3.05) is 26.0 Å². The fraction of sp³-hybridized carbons (Fsp3) is 1.00. The van der Waals surface area contributed by atoms with E-state index in [1.165, 1.54) is 20.0 Å². The summed E-state index contributed by atoms with van der Waals surface area (Å²) in [4.78, 5) is 0. The van der Waals surface area contributed by atoms with E-state index in [-0.39, 0.29) is 5.75 Å². The Morgan fingerprint density at radius 2 is 1.92 bits per heavy atom. The van der Waals surface area contributed by atoms with Crippen molar-refractivity contribution in [1.29, 1.82) is 0 Å². The van der Waals surface area contributed by atoms with Gasteiger partial charge < -0.3 is 5.32 Å². The van der Waals surface area contributed by atoms with Crippen molar-refractivity contribution < 1.29 is 12.6 Å². The summed E-state index contributed by atoms with van der Waals surface area (Å²) in [6.07, 6.45) is 3.46. The van der Waals surface area contributed by atoms with Gasteiger partial charge in [-0.3, -0.25) is 4.18 Å². The van der Waals surface area contributed by atoms with E-state index in [1.54, 1.807) is 0 Å². The molecule has 5 heteroatoms. The summed E-state index contributed by atoms with van der Waals surface area (Å²) in [6.45, 7) is 3.49. The summed E-state index contributed by atoms with van der Waals surface area (Å²) in [5.41, 5.74) is 0. The molecule has 0 amide bonds. The topological polar surface area (TPSA) is 55.4 Å². The van der Waals surface area contributed by atoms with Crippen LogP contribution in [0, 0.1) is 0 Å². The molecule has 0 heterocycles. The van der Waals surface area contributed by atoms with Crippen molar-refractivity contribution in [3.63, 3.8) is 0 Å². The monoisotopic (exact) mass is 209 g/mol. The molecule has 1 N–H and O–H groups in total. The fourth-order valence-electron chi connectivity index (χ4n) is 0.906. The number of unbranched alkanes of at least 4 members (excludes halogenated alkanes) is 2. The van der Waals surface area contributed by atoms with Crippen LogP contribution in [0.2, 0.25) is 0 Å². The molecule has 0 fully saturated rings. The second-order valence-corrected chi connectivity index (χ2v) is 4.74. The third-order valence-electron chi connectivity index (χ3n) is 1.74. The highest BCUT2D eigenvalue weighted by molar-refractivity contribution is 7.86. The Kier molecular flexibility index (Phi) is 7.22. The molecule has 0 aliphatic rings. The summed E-state index contributed by atoms with van der Waals surface area (Å²) in [7, 11) is -2.09. The SMILES string of the molecule is CCCCCNCCS(=O)(=O)OC. The number of hydrogen-bond acceptors (Lipinski definition) is 4. The van der Waals surface area contributed by atoms with Crippen LogP contribution in [-0.2, 0) is 14.3 Å². The Morgan fingerprint density at radius 1 is 1.23 bits per heavy atom. The minimum atomic E-state index is -3.27. The first kappa shape index (κ1) is 12.9. The van der Waals surface area contributed by atoms with Gasteiger partial charge in [-0.05, 0) is 13.0 Å². The molecular formula is C8H19NO3S. The number of hydrogen-bond donors (Lipinski definition) is 1. The Labute approximate surface area is 80.8 Å². The second kappa shape index (κ2) is 7.29. The molecule has 0 aliphatic carbocycles. The molecule has 0 aromatic rings. The van der Waals surface area contributed by atoms with Gasteiger partial charge in [0, 0.05) is 6.54 Å². The van der Waals surface area contributed by atoms with Crippen LogP contribution in [0.25, 0.3) is 0 Å². The zero-order chi connectivity index (χ0) is 10.2. The molecule has 0 atom stereocenters. The van der Waals surface area contributed by atoms with Crippen LogP contribution in [0.1, 0.15) is 26.2 Å². The van der Waals surface area contributed by atoms with Crippen LogP contribution in [0.4, 0.5) is 0 Å². The molecule has 0 radical (unpaired) electrons. The normalized spacial score (nSPS) is 11.8. The molecule has 0 aromatic heterocycles. The van der Waals surface area contributed by atoms with E-state index in [1.807, 2.05) is 0 Å². The predicted molar refractivity (Wildman–Crippen MR) is 53.2 cm³/mol. The van der Waals surface area contributed by atoms with Crippen LogP contribution in [0.15, 0.2) is 0 Å². The summed E-state index contributed by atoms with van der Waals surface area (Å²) in [5.74, 6) is 0.0512. The van der Waals surface area contributed by atoms with Crippen molar-refractivity contribution in [2.24, 2.45) is 0 Å². The molecule has 0 saturated carbocycles. The Hall–Kier alpha value is -0.130. The van der Waals surface area contributed by atoms with E-state index in [2.05, 4.69) is 16.4 Å². The van der Waals surface area contributed by atoms with Crippen LogP contribution < -0.4 is 5.32 Å². The molecule has 0 bridgehead atoms. The first-order valence-electron chi connectivity index (χ1n) is 4.61. The van der Waals surface area contributed by atoms with Crippen LogP contribution >= 0.6 is 0 Å². The summed E-state index contributed by atoms with van der Waals surface area (Å²) in [5, 5.41) is 3.05. The summed E-state index contributed by atoms with van der Waals surface area (Å²) >= 11 is 0. The van der Waals surface area contributed by atoms with E-state index >= 15 is 0 Å². The van der Waals surface area contributed by atoms with Crippen molar-refractivity contribution in [1.82, 2.24) is 5.32 Å². The quantitative estimate of drug-likeness (QED) is 0.473. The average molecular weight is 209 g/mol. The zero-order valence-electron chi connectivity index (χ0n) is 8.38. The van der Waals surface area contributed by atoms with Gasteiger partial charge in [0.25, 0.3) is 10.1 Å². The van der Waals surface area contributed by atoms with Crippen molar-refractivity contribution >= 4 is 10.1 Å². The second-order valence-electron chi connectivity index (χ2n) is 2.89. The van der Waals surface area contributed by atoms with Crippen molar-refractivity contribution in [3.05, 3.63) is 0 Å². The third kappa shape index (κ3) is 8.21. The van der Waals surface area contributed by atoms with Crippen molar-refractivity contribution in [2.45, 2.75) is 26.2 Å². The molecule has 0 rings (SSSR count). The van der Waals surface area contributed by atoms with Crippen LogP contribution in [0.5, 0.6) is 0 Å². The average Bonchev–Trinajstić information content (AvgIpc) is 2.11. The maximum Gasteiger partial charge on any atom is 0.268 e. The van der Waals surface area contributed by atoms with Crippen LogP contribution in [-0.4, -0.2) is 34.4 Å². The molecular weight excluding hydrogens is 190 g/mol. The molecule has 0 spiro atoms. The lowest BCUT2D eigenvalue weighted by atomic mass is 10.2. The zero-order valence-corrected chi connectivity index (χ0v) is 9.19. The minimum absolute atomic E-state index is 0.0512. The highest BCUT2D eigenvalue weighted by atomic mass is 32.2. The van der Waals surface area contributed by atoms with Gasteiger partial charge in [-0.15, -0.1) is 0 Å². The minimum Gasteiger partial charge on any atom is -0.316 e. The fourth-order valence-corrected chi connectivity index (χ4v) is 1.47. The first-order valence-corrected chi connectivity index (χ1v) is 6.19. The first-order chi connectivity index (χ1) is 6.12. The third-order valence-corrected chi connectivity index (χ3v) is 2.95. The molecule has 13 heavy (non-hydrogen) atoms. The van der Waals surface area contributed by atoms with Gasteiger partial charge in [-0.25, -0.2) is 0 Å². The Bertz CT molecular complexity index is 201. The van der Waals surface area contributed by atoms with Crippen LogP contribution in [0.3, 0.4) is 0 Å².